The highest BCUT2D eigenvalue weighted by Crippen LogP contribution is 2.27. The average Bonchev–Trinajstić information content (AvgIpc) is 2.81. The van der Waals surface area contributed by atoms with Gasteiger partial charge in [0.15, 0.2) is 0 Å². The number of halogens is 1. The Morgan fingerprint density at radius 3 is 2.61 bits per heavy atom. The van der Waals surface area contributed by atoms with Crippen LogP contribution in [0.2, 0.25) is 5.02 Å². The van der Waals surface area contributed by atoms with E-state index in [4.69, 9.17) is 11.6 Å². The Kier molecular flexibility index (Phi) is 3.09. The lowest BCUT2D eigenvalue weighted by molar-refractivity contribution is 1.41. The second-order valence-corrected chi connectivity index (χ2v) is 5.22. The molecule has 0 aliphatic rings. The van der Waals surface area contributed by atoms with Crippen molar-refractivity contribution in [2.24, 2.45) is 4.99 Å². The van der Waals surface area contributed by atoms with E-state index in [1.165, 1.54) is 0 Å². The Bertz CT molecular complexity index is 668. The maximum atomic E-state index is 5.83. The number of aromatic nitrogens is 1. The third kappa shape index (κ3) is 2.42. The van der Waals surface area contributed by atoms with E-state index in [0.717, 1.165) is 25.9 Å². The summed E-state index contributed by atoms with van der Waals surface area (Å²) in [4.78, 5) is 8.82. The second-order valence-electron chi connectivity index (χ2n) is 3.77. The summed E-state index contributed by atoms with van der Waals surface area (Å²) in [6.45, 7) is 0. The maximum absolute atomic E-state index is 5.83. The van der Waals surface area contributed by atoms with E-state index < -0.39 is 0 Å². The first kappa shape index (κ1) is 11.4. The zero-order valence-electron chi connectivity index (χ0n) is 9.38. The first-order valence-electron chi connectivity index (χ1n) is 5.46. The van der Waals surface area contributed by atoms with Gasteiger partial charge in [0.05, 0.1) is 10.2 Å². The van der Waals surface area contributed by atoms with Crippen LogP contribution in [0.3, 0.4) is 0 Å². The fourth-order valence-corrected chi connectivity index (χ4v) is 2.53. The van der Waals surface area contributed by atoms with Gasteiger partial charge in [-0.15, -0.1) is 0 Å². The number of hydrogen-bond donors (Lipinski definition) is 0. The summed E-state index contributed by atoms with van der Waals surface area (Å²) in [5, 5.41) is 1.50. The summed E-state index contributed by atoms with van der Waals surface area (Å²) in [6, 6.07) is 15.6. The molecule has 2 nitrogen and oxygen atoms in total. The molecule has 88 valence electrons. The van der Waals surface area contributed by atoms with Gasteiger partial charge in [0.2, 0.25) is 5.13 Å². The standard InChI is InChI=1S/C14H9ClN2S/c15-11-7-5-10(6-8-11)9-16-14-17-12-3-1-2-4-13(12)18-14/h1-9H. The molecule has 0 fully saturated rings. The minimum absolute atomic E-state index is 0.729. The van der Waals surface area contributed by atoms with E-state index in [1.54, 1.807) is 17.6 Å². The summed E-state index contributed by atoms with van der Waals surface area (Å²) in [7, 11) is 0. The SMILES string of the molecule is Clc1ccc(C=Nc2nc3ccccc3s2)cc1. The van der Waals surface area contributed by atoms with Gasteiger partial charge in [0, 0.05) is 11.2 Å². The van der Waals surface area contributed by atoms with Crippen molar-refractivity contribution in [3.05, 3.63) is 59.1 Å². The number of fused-ring (bicyclic) bond motifs is 1. The zero-order valence-corrected chi connectivity index (χ0v) is 10.9. The molecule has 0 atom stereocenters. The first-order valence-corrected chi connectivity index (χ1v) is 6.66. The van der Waals surface area contributed by atoms with Gasteiger partial charge in [-0.2, -0.15) is 0 Å². The average molecular weight is 273 g/mol. The number of benzene rings is 2. The smallest absolute Gasteiger partial charge is 0.210 e. The lowest BCUT2D eigenvalue weighted by atomic mass is 10.2. The molecule has 0 spiro atoms. The lowest BCUT2D eigenvalue weighted by Gasteiger charge is -1.91. The normalized spacial score (nSPS) is 11.4. The van der Waals surface area contributed by atoms with Gasteiger partial charge in [-0.3, -0.25) is 0 Å². The number of rotatable bonds is 2. The van der Waals surface area contributed by atoms with Crippen molar-refractivity contribution < 1.29 is 0 Å². The molecule has 0 radical (unpaired) electrons. The van der Waals surface area contributed by atoms with Crippen LogP contribution in [0.5, 0.6) is 0 Å². The Labute approximate surface area is 114 Å². The molecule has 0 unspecified atom stereocenters. The summed E-state index contributed by atoms with van der Waals surface area (Å²) in [6.07, 6.45) is 1.80. The predicted octanol–water partition coefficient (Wildman–Crippen LogP) is 4.70. The molecule has 3 aromatic rings. The fourth-order valence-electron chi connectivity index (χ4n) is 1.59. The summed E-state index contributed by atoms with van der Waals surface area (Å²) >= 11 is 7.41. The van der Waals surface area contributed by atoms with Crippen molar-refractivity contribution in [1.29, 1.82) is 0 Å². The van der Waals surface area contributed by atoms with Gasteiger partial charge in [0.1, 0.15) is 0 Å². The zero-order chi connectivity index (χ0) is 12.4. The molecule has 0 saturated carbocycles. The Morgan fingerprint density at radius 2 is 1.83 bits per heavy atom. The van der Waals surface area contributed by atoms with Crippen molar-refractivity contribution in [3.8, 4) is 0 Å². The lowest BCUT2D eigenvalue weighted by Crippen LogP contribution is -1.78. The highest BCUT2D eigenvalue weighted by molar-refractivity contribution is 7.22. The Hall–Kier alpha value is -1.71. The van der Waals surface area contributed by atoms with Crippen LogP contribution in [0.1, 0.15) is 5.56 Å². The van der Waals surface area contributed by atoms with Crippen molar-refractivity contribution in [2.45, 2.75) is 0 Å². The van der Waals surface area contributed by atoms with Crippen LogP contribution in [0.15, 0.2) is 53.5 Å². The molecule has 1 aromatic heterocycles. The molecule has 0 aliphatic heterocycles. The maximum Gasteiger partial charge on any atom is 0.210 e. The van der Waals surface area contributed by atoms with Gasteiger partial charge in [-0.05, 0) is 29.8 Å². The Balaban J connectivity index is 1.89. The number of hydrogen-bond acceptors (Lipinski definition) is 3. The molecule has 2 aromatic carbocycles. The van der Waals surface area contributed by atoms with Crippen molar-refractivity contribution in [1.82, 2.24) is 4.98 Å². The minimum atomic E-state index is 0.729. The summed E-state index contributed by atoms with van der Waals surface area (Å²) in [5.74, 6) is 0. The van der Waals surface area contributed by atoms with E-state index in [0.29, 0.717) is 0 Å². The molecule has 0 N–H and O–H groups in total. The van der Waals surface area contributed by atoms with Crippen LogP contribution >= 0.6 is 22.9 Å². The van der Waals surface area contributed by atoms with E-state index in [2.05, 4.69) is 9.98 Å². The van der Waals surface area contributed by atoms with Crippen LogP contribution < -0.4 is 0 Å². The monoisotopic (exact) mass is 272 g/mol. The minimum Gasteiger partial charge on any atom is -0.227 e. The topological polar surface area (TPSA) is 25.2 Å². The molecule has 0 bridgehead atoms. The highest BCUT2D eigenvalue weighted by atomic mass is 35.5. The van der Waals surface area contributed by atoms with E-state index in [1.807, 2.05) is 48.5 Å². The fraction of sp³-hybridized carbons (Fsp3) is 0. The third-order valence-electron chi connectivity index (χ3n) is 2.48. The Morgan fingerprint density at radius 1 is 1.06 bits per heavy atom. The molecule has 0 amide bonds. The number of nitrogens with zero attached hydrogens (tertiary/aromatic N) is 2. The molecule has 0 aliphatic carbocycles. The molecule has 0 saturated heterocycles. The number of thiazole rings is 1. The molecular weight excluding hydrogens is 264 g/mol. The van der Waals surface area contributed by atoms with Gasteiger partial charge >= 0.3 is 0 Å². The van der Waals surface area contributed by atoms with Crippen molar-refractivity contribution >= 4 is 44.5 Å². The van der Waals surface area contributed by atoms with E-state index in [9.17, 15) is 0 Å². The molecule has 18 heavy (non-hydrogen) atoms. The first-order chi connectivity index (χ1) is 8.81. The number of aliphatic imine (C=N–C) groups is 1. The quantitative estimate of drug-likeness (QED) is 0.621. The molecular formula is C14H9ClN2S. The van der Waals surface area contributed by atoms with Gasteiger partial charge in [0.25, 0.3) is 0 Å². The van der Waals surface area contributed by atoms with Crippen molar-refractivity contribution in [2.75, 3.05) is 0 Å². The summed E-state index contributed by atoms with van der Waals surface area (Å²) in [5.41, 5.74) is 2.00. The van der Waals surface area contributed by atoms with Gasteiger partial charge in [-0.25, -0.2) is 9.98 Å². The number of para-hydroxylation sites is 1. The van der Waals surface area contributed by atoms with Gasteiger partial charge in [-0.1, -0.05) is 47.2 Å². The second kappa shape index (κ2) is 4.88. The molecule has 4 heteroatoms. The van der Waals surface area contributed by atoms with E-state index >= 15 is 0 Å². The van der Waals surface area contributed by atoms with Crippen LogP contribution in [-0.4, -0.2) is 11.2 Å². The highest BCUT2D eigenvalue weighted by Gasteiger charge is 2.00. The van der Waals surface area contributed by atoms with Crippen molar-refractivity contribution in [3.63, 3.8) is 0 Å². The summed E-state index contributed by atoms with van der Waals surface area (Å²) < 4.78 is 1.15. The largest absolute Gasteiger partial charge is 0.227 e. The molecule has 3 rings (SSSR count). The molecule has 1 heterocycles. The predicted molar refractivity (Wildman–Crippen MR) is 78.3 cm³/mol. The van der Waals surface area contributed by atoms with E-state index in [-0.39, 0.29) is 0 Å². The van der Waals surface area contributed by atoms with Gasteiger partial charge < -0.3 is 0 Å². The van der Waals surface area contributed by atoms with Crippen LogP contribution in [0, 0.1) is 0 Å². The third-order valence-corrected chi connectivity index (χ3v) is 3.67. The van der Waals surface area contributed by atoms with Crippen LogP contribution in [0.4, 0.5) is 5.13 Å². The van der Waals surface area contributed by atoms with Crippen LogP contribution in [0.25, 0.3) is 10.2 Å². The van der Waals surface area contributed by atoms with Crippen LogP contribution in [-0.2, 0) is 0 Å².